The predicted octanol–water partition coefficient (Wildman–Crippen LogP) is 3.62. The summed E-state index contributed by atoms with van der Waals surface area (Å²) in [5.74, 6) is 1.98. The Balaban J connectivity index is 2.01. The van der Waals surface area contributed by atoms with Gasteiger partial charge in [0, 0.05) is 5.02 Å². The zero-order valence-corrected chi connectivity index (χ0v) is 10.2. The second-order valence-corrected chi connectivity index (χ2v) is 3.90. The lowest BCUT2D eigenvalue weighted by atomic mass is 10.3. The summed E-state index contributed by atoms with van der Waals surface area (Å²) in [4.78, 5) is 10.0. The number of hydrogen-bond donors (Lipinski definition) is 0. The summed E-state index contributed by atoms with van der Waals surface area (Å²) in [5.41, 5.74) is 0. The van der Waals surface area contributed by atoms with Gasteiger partial charge in [0.05, 0.1) is 0 Å². The molecule has 0 aliphatic rings. The summed E-state index contributed by atoms with van der Waals surface area (Å²) in [7, 11) is 0. The van der Waals surface area contributed by atoms with Crippen molar-refractivity contribution in [2.45, 2.75) is 0 Å². The quantitative estimate of drug-likeness (QED) is 0.825. The Hall–Kier alpha value is -2.00. The van der Waals surface area contributed by atoms with E-state index in [-0.39, 0.29) is 6.61 Å². The van der Waals surface area contributed by atoms with Gasteiger partial charge in [-0.3, -0.25) is 4.79 Å². The molecule has 0 heterocycles. The highest BCUT2D eigenvalue weighted by Crippen LogP contribution is 2.24. The van der Waals surface area contributed by atoms with Gasteiger partial charge in [0.2, 0.25) is 6.29 Å². The topological polar surface area (TPSA) is 35.5 Å². The van der Waals surface area contributed by atoms with Crippen molar-refractivity contribution in [2.75, 3.05) is 6.61 Å². The van der Waals surface area contributed by atoms with Gasteiger partial charge >= 0.3 is 0 Å². The van der Waals surface area contributed by atoms with Gasteiger partial charge in [0.15, 0.2) is 6.61 Å². The molecule has 0 aliphatic carbocycles. The minimum absolute atomic E-state index is 0.0720. The average Bonchev–Trinajstić information content (AvgIpc) is 2.41. The predicted molar refractivity (Wildman–Crippen MR) is 69.2 cm³/mol. The minimum Gasteiger partial charge on any atom is -0.485 e. The molecule has 0 fully saturated rings. The van der Waals surface area contributed by atoms with Crippen LogP contribution in [0.25, 0.3) is 0 Å². The van der Waals surface area contributed by atoms with Crippen LogP contribution >= 0.6 is 11.6 Å². The normalized spacial score (nSPS) is 9.83. The van der Waals surface area contributed by atoms with E-state index in [2.05, 4.69) is 0 Å². The molecule has 4 heteroatoms. The molecule has 18 heavy (non-hydrogen) atoms. The molecule has 0 unspecified atom stereocenters. The molecule has 0 aliphatic heterocycles. The molecule has 1 radical (unpaired) electrons. The summed E-state index contributed by atoms with van der Waals surface area (Å²) in [5, 5.41) is 0.663. The van der Waals surface area contributed by atoms with E-state index in [0.29, 0.717) is 22.3 Å². The van der Waals surface area contributed by atoms with Crippen molar-refractivity contribution in [3.63, 3.8) is 0 Å². The van der Waals surface area contributed by atoms with Crippen LogP contribution in [0.15, 0.2) is 48.5 Å². The monoisotopic (exact) mass is 261 g/mol. The third-order valence-electron chi connectivity index (χ3n) is 2.17. The number of hydrogen-bond acceptors (Lipinski definition) is 3. The number of rotatable bonds is 5. The SMILES string of the molecule is O=[C]COc1ccc(Oc2ccc(Cl)cc2)cc1. The second kappa shape index (κ2) is 6.07. The second-order valence-electron chi connectivity index (χ2n) is 3.46. The highest BCUT2D eigenvalue weighted by molar-refractivity contribution is 6.30. The first-order valence-corrected chi connectivity index (χ1v) is 5.67. The van der Waals surface area contributed by atoms with Crippen molar-refractivity contribution in [3.05, 3.63) is 53.6 Å². The molecule has 2 rings (SSSR count). The van der Waals surface area contributed by atoms with Gasteiger partial charge < -0.3 is 9.47 Å². The van der Waals surface area contributed by atoms with Crippen LogP contribution in [0.1, 0.15) is 0 Å². The minimum atomic E-state index is -0.0720. The fraction of sp³-hybridized carbons (Fsp3) is 0.0714. The van der Waals surface area contributed by atoms with Gasteiger partial charge in [-0.2, -0.15) is 0 Å². The van der Waals surface area contributed by atoms with Crippen LogP contribution in [0.5, 0.6) is 17.2 Å². The third-order valence-corrected chi connectivity index (χ3v) is 2.42. The molecule has 0 saturated heterocycles. The summed E-state index contributed by atoms with van der Waals surface area (Å²) >= 11 is 5.78. The number of ether oxygens (including phenoxy) is 2. The van der Waals surface area contributed by atoms with Crippen LogP contribution < -0.4 is 9.47 Å². The Morgan fingerprint density at radius 2 is 1.39 bits per heavy atom. The number of benzene rings is 2. The molecule has 0 spiro atoms. The summed E-state index contributed by atoms with van der Waals surface area (Å²) < 4.78 is 10.7. The van der Waals surface area contributed by atoms with Crippen LogP contribution in [-0.4, -0.2) is 12.9 Å². The van der Waals surface area contributed by atoms with Gasteiger partial charge in [-0.15, -0.1) is 0 Å². The van der Waals surface area contributed by atoms with Crippen LogP contribution in [-0.2, 0) is 4.79 Å². The highest BCUT2D eigenvalue weighted by Gasteiger charge is 1.98. The molecular formula is C14H10ClO3. The van der Waals surface area contributed by atoms with Crippen LogP contribution in [0.3, 0.4) is 0 Å². The Kier molecular flexibility index (Phi) is 4.20. The van der Waals surface area contributed by atoms with E-state index in [1.807, 2.05) is 0 Å². The summed E-state index contributed by atoms with van der Waals surface area (Å²) in [6.45, 7) is -0.0720. The van der Waals surface area contributed by atoms with Crippen LogP contribution in [0.4, 0.5) is 0 Å². The zero-order valence-electron chi connectivity index (χ0n) is 9.43. The first-order chi connectivity index (χ1) is 8.78. The van der Waals surface area contributed by atoms with Crippen molar-refractivity contribution < 1.29 is 14.3 Å². The molecule has 3 nitrogen and oxygen atoms in total. The van der Waals surface area contributed by atoms with Crippen molar-refractivity contribution in [2.24, 2.45) is 0 Å². The number of halogens is 1. The summed E-state index contributed by atoms with van der Waals surface area (Å²) in [6.07, 6.45) is 1.66. The average molecular weight is 262 g/mol. The molecule has 0 atom stereocenters. The van der Waals surface area contributed by atoms with Crippen molar-refractivity contribution >= 4 is 17.9 Å². The third kappa shape index (κ3) is 3.50. The van der Waals surface area contributed by atoms with E-state index in [1.165, 1.54) is 0 Å². The largest absolute Gasteiger partial charge is 0.485 e. The molecule has 0 bridgehead atoms. The molecular weight excluding hydrogens is 252 g/mol. The molecule has 0 aromatic heterocycles. The van der Waals surface area contributed by atoms with Crippen LogP contribution in [0, 0.1) is 0 Å². The highest BCUT2D eigenvalue weighted by atomic mass is 35.5. The Morgan fingerprint density at radius 3 is 1.94 bits per heavy atom. The van der Waals surface area contributed by atoms with E-state index < -0.39 is 0 Å². The van der Waals surface area contributed by atoms with Crippen molar-refractivity contribution in [1.29, 1.82) is 0 Å². The molecule has 0 saturated carbocycles. The van der Waals surface area contributed by atoms with E-state index in [1.54, 1.807) is 54.8 Å². The number of carbonyl (C=O) groups excluding carboxylic acids is 1. The molecule has 2 aromatic rings. The van der Waals surface area contributed by atoms with E-state index >= 15 is 0 Å². The van der Waals surface area contributed by atoms with Crippen molar-refractivity contribution in [3.8, 4) is 17.2 Å². The van der Waals surface area contributed by atoms with Crippen LogP contribution in [0.2, 0.25) is 5.02 Å². The maximum absolute atomic E-state index is 10.0. The molecule has 2 aromatic carbocycles. The first-order valence-electron chi connectivity index (χ1n) is 5.29. The molecule has 0 N–H and O–H groups in total. The van der Waals surface area contributed by atoms with Gasteiger partial charge in [0.25, 0.3) is 0 Å². The molecule has 0 amide bonds. The molecule has 91 valence electrons. The smallest absolute Gasteiger partial charge is 0.239 e. The van der Waals surface area contributed by atoms with E-state index in [9.17, 15) is 4.79 Å². The lowest BCUT2D eigenvalue weighted by molar-refractivity contribution is 0.364. The lowest BCUT2D eigenvalue weighted by Gasteiger charge is -2.07. The maximum Gasteiger partial charge on any atom is 0.239 e. The Labute approximate surface area is 110 Å². The van der Waals surface area contributed by atoms with Crippen molar-refractivity contribution in [1.82, 2.24) is 0 Å². The maximum atomic E-state index is 10.0. The van der Waals surface area contributed by atoms with E-state index in [0.717, 1.165) is 0 Å². The fourth-order valence-corrected chi connectivity index (χ4v) is 1.48. The van der Waals surface area contributed by atoms with Gasteiger partial charge in [-0.05, 0) is 48.5 Å². The Bertz CT molecular complexity index is 506. The lowest BCUT2D eigenvalue weighted by Crippen LogP contribution is -1.97. The zero-order chi connectivity index (χ0) is 12.8. The standard InChI is InChI=1S/C14H10ClO3/c15-11-1-3-13(4-2-11)18-14-7-5-12(6-8-14)17-10-9-16/h1-8H,10H2. The van der Waals surface area contributed by atoms with E-state index in [4.69, 9.17) is 21.1 Å². The Morgan fingerprint density at radius 1 is 0.889 bits per heavy atom. The first kappa shape index (κ1) is 12.5. The summed E-state index contributed by atoms with van der Waals surface area (Å²) in [6, 6.07) is 14.1. The van der Waals surface area contributed by atoms with Gasteiger partial charge in [-0.1, -0.05) is 11.6 Å². The van der Waals surface area contributed by atoms with Gasteiger partial charge in [0.1, 0.15) is 17.2 Å². The van der Waals surface area contributed by atoms with Gasteiger partial charge in [-0.25, -0.2) is 0 Å². The fourth-order valence-electron chi connectivity index (χ4n) is 1.36.